The van der Waals surface area contributed by atoms with Crippen LogP contribution in [0.4, 0.5) is 23.3 Å². The van der Waals surface area contributed by atoms with Gasteiger partial charge in [-0.3, -0.25) is 43.6 Å². The quantitative estimate of drug-likeness (QED) is 0.0674. The standard InChI is InChI=1S/C29H24N4O3.C27H26N4O.C26H20N8O.C26H24N4O2.2CO2/c34-27-23-16-19(18-3-1-4-21(15-18)29(11-12-29)28(35)36)7-8-20(23)17-33(27)25-6-2-5-24(31-25)26-30-13-14-32(26)22-9-10-22;1-4-19-7-5-8-20(15-19)21-11-12-22-17-31(27(32)23(22)16-21)25-10-6-9-24(29-25)26-28-13-14-30(26)18(2)3;35-26-21-14-17(16-3-1-4-18(13-16)24-29-31-32-30-24)7-8-19(21)15-34(26)23-6-2-5-22(28-23)25-27-11-12-33(25)20-9-10-20;1-17(2)29-13-12-27-25(29)23-8-5-9-24(28-23)30-16-20-11-10-19(15-22(20)26(30)31)18-6-4-7-21(14-18)32-3;2*2-1-3/h1-8,13-16,22H,9-12,17H2,(H,35,36);5-16,18H,4,17H2,1-3H3;1-8,11-14,20H,9-10,15H2,(H,29,30,31,32);4-15,17H,16H2,1-3H3;;. The summed E-state index contributed by atoms with van der Waals surface area (Å²) in [5.74, 6) is 6.18. The zero-order chi connectivity index (χ0) is 97.7. The van der Waals surface area contributed by atoms with Gasteiger partial charge in [-0.1, -0.05) is 159 Å². The second-order valence-corrected chi connectivity index (χ2v) is 35.6. The number of carbonyl (C=O) groups is 5. The highest BCUT2D eigenvalue weighted by Crippen LogP contribution is 2.50. The molecule has 24 rings (SSSR count). The Bertz CT molecular complexity index is 7510. The van der Waals surface area contributed by atoms with Crippen LogP contribution in [0, 0.1) is 0 Å². The molecule has 0 unspecified atom stereocenters. The summed E-state index contributed by atoms with van der Waals surface area (Å²) in [7, 11) is 1.65. The molecule has 4 amide bonds. The summed E-state index contributed by atoms with van der Waals surface area (Å²) >= 11 is 0. The molecule has 141 heavy (non-hydrogen) atoms. The van der Waals surface area contributed by atoms with Gasteiger partial charge in [0.1, 0.15) is 51.8 Å². The molecule has 2 N–H and O–H groups in total. The number of aryl methyl sites for hydroxylation is 1. The molecule has 4 aliphatic heterocycles. The monoisotopic (exact) mass is 1870 g/mol. The lowest BCUT2D eigenvalue weighted by Crippen LogP contribution is -2.24. The smallest absolute Gasteiger partial charge is 0.373 e. The van der Waals surface area contributed by atoms with Crippen molar-refractivity contribution in [3.05, 3.63) is 348 Å². The van der Waals surface area contributed by atoms with Crippen molar-refractivity contribution in [2.45, 2.75) is 135 Å². The maximum Gasteiger partial charge on any atom is 0.373 e. The number of aliphatic carboxylic acids is 1. The van der Waals surface area contributed by atoms with Crippen molar-refractivity contribution >= 4 is 65.2 Å². The van der Waals surface area contributed by atoms with Gasteiger partial charge in [-0.05, 0) is 247 Å². The average Bonchev–Trinajstić information content (AvgIpc) is 1.60. The first kappa shape index (κ1) is 92.3. The Balaban J connectivity index is 0.000000117. The van der Waals surface area contributed by atoms with Gasteiger partial charge in [0.25, 0.3) is 23.6 Å². The number of carboxylic acid groups (broad SMARTS) is 1. The lowest BCUT2D eigenvalue weighted by atomic mass is 9.92. The van der Waals surface area contributed by atoms with E-state index >= 15 is 0 Å². The fourth-order valence-electron chi connectivity index (χ4n) is 18.3. The van der Waals surface area contributed by atoms with E-state index in [1.54, 1.807) is 45.3 Å². The highest BCUT2D eigenvalue weighted by Gasteiger charge is 2.52. The number of tetrazole rings is 1. The summed E-state index contributed by atoms with van der Waals surface area (Å²) in [4.78, 5) is 142. The van der Waals surface area contributed by atoms with Gasteiger partial charge in [0.05, 0.1) is 38.7 Å². The van der Waals surface area contributed by atoms with Crippen LogP contribution in [0.3, 0.4) is 0 Å². The van der Waals surface area contributed by atoms with E-state index in [1.807, 2.05) is 237 Å². The van der Waals surface area contributed by atoms with Gasteiger partial charge in [0.2, 0.25) is 5.82 Å². The van der Waals surface area contributed by atoms with E-state index in [-0.39, 0.29) is 48.0 Å². The molecule has 700 valence electrons. The number of carbonyl (C=O) groups excluding carboxylic acids is 8. The molecule has 13 heterocycles. The van der Waals surface area contributed by atoms with Crippen LogP contribution >= 0.6 is 0 Å². The van der Waals surface area contributed by atoms with Crippen LogP contribution < -0.4 is 24.3 Å². The van der Waals surface area contributed by atoms with Gasteiger partial charge in [-0.15, -0.1) is 10.2 Å². The number of pyridine rings is 4. The molecule has 3 fully saturated rings. The third kappa shape index (κ3) is 19.1. The van der Waals surface area contributed by atoms with Crippen LogP contribution in [-0.4, -0.2) is 133 Å². The van der Waals surface area contributed by atoms with Crippen LogP contribution in [0.2, 0.25) is 0 Å². The van der Waals surface area contributed by atoms with Crippen molar-refractivity contribution in [2.24, 2.45) is 0 Å². The number of benzene rings is 8. The van der Waals surface area contributed by atoms with Crippen molar-refractivity contribution in [3.63, 3.8) is 0 Å². The van der Waals surface area contributed by atoms with Crippen LogP contribution in [0.15, 0.2) is 292 Å². The Hall–Kier alpha value is -17.8. The average molecular weight is 1870 g/mol. The van der Waals surface area contributed by atoms with E-state index in [2.05, 4.69) is 130 Å². The van der Waals surface area contributed by atoms with Crippen molar-refractivity contribution in [3.8, 4) is 108 Å². The van der Waals surface area contributed by atoms with Crippen molar-refractivity contribution < 1.29 is 53.0 Å². The van der Waals surface area contributed by atoms with Gasteiger partial charge >= 0.3 is 18.3 Å². The fourth-order valence-corrected chi connectivity index (χ4v) is 18.3. The van der Waals surface area contributed by atoms with Crippen LogP contribution in [0.1, 0.15) is 172 Å². The lowest BCUT2D eigenvalue weighted by molar-refractivity contribution is -0.193. The number of carboxylic acids is 1. The minimum atomic E-state index is -0.770. The highest BCUT2D eigenvalue weighted by molar-refractivity contribution is 6.13. The van der Waals surface area contributed by atoms with Gasteiger partial charge in [-0.25, -0.2) is 39.9 Å². The Labute approximate surface area is 810 Å². The topological polar surface area (TPSA) is 373 Å². The number of amides is 4. The minimum Gasteiger partial charge on any atom is -0.497 e. The van der Waals surface area contributed by atoms with Gasteiger partial charge < -0.3 is 28.1 Å². The van der Waals surface area contributed by atoms with Crippen LogP contribution in [-0.2, 0) is 62.0 Å². The molecule has 0 spiro atoms. The first-order chi connectivity index (χ1) is 68.7. The Morgan fingerprint density at radius 1 is 0.411 bits per heavy atom. The summed E-state index contributed by atoms with van der Waals surface area (Å²) < 4.78 is 13.9. The number of ether oxygens (including phenoxy) is 1. The third-order valence-corrected chi connectivity index (χ3v) is 26.1. The number of anilines is 4. The van der Waals surface area contributed by atoms with E-state index in [1.165, 1.54) is 18.4 Å². The number of hydrogen-bond donors (Lipinski definition) is 2. The van der Waals surface area contributed by atoms with Gasteiger partial charge in [0.15, 0.2) is 23.3 Å². The Kier molecular flexibility index (Phi) is 26.1. The summed E-state index contributed by atoms with van der Waals surface area (Å²) in [5.41, 5.74) is 20.0. The number of aromatic nitrogens is 16. The van der Waals surface area contributed by atoms with Gasteiger partial charge in [0, 0.05) is 102 Å². The number of nitrogens with zero attached hydrogens (tertiary/aromatic N) is 19. The molecule has 0 saturated heterocycles. The molecule has 8 aromatic carbocycles. The number of aromatic amines is 1. The predicted molar refractivity (Wildman–Crippen MR) is 526 cm³/mol. The van der Waals surface area contributed by atoms with E-state index < -0.39 is 11.4 Å². The molecule has 0 radical (unpaired) electrons. The molecular weight excluding hydrogens is 1780 g/mol. The summed E-state index contributed by atoms with van der Waals surface area (Å²) in [6.45, 7) is 12.6. The van der Waals surface area contributed by atoms with E-state index in [9.17, 15) is 29.1 Å². The molecular formula is C110H94N20O11. The zero-order valence-electron chi connectivity index (χ0n) is 77.8. The number of imidazole rings is 4. The second kappa shape index (κ2) is 39.9. The van der Waals surface area contributed by atoms with Crippen molar-refractivity contribution in [1.82, 2.24) is 78.8 Å². The van der Waals surface area contributed by atoms with Crippen molar-refractivity contribution in [2.75, 3.05) is 26.7 Å². The third-order valence-electron chi connectivity index (χ3n) is 26.1. The van der Waals surface area contributed by atoms with Crippen LogP contribution in [0.25, 0.3) is 102 Å². The number of hydrogen-bond acceptors (Lipinski definition) is 21. The first-order valence-corrected chi connectivity index (χ1v) is 46.4. The molecule has 9 aromatic heterocycles. The predicted octanol–water partition coefficient (Wildman–Crippen LogP) is 19.6. The van der Waals surface area contributed by atoms with E-state index in [0.29, 0.717) is 96.9 Å². The molecule has 0 bridgehead atoms. The minimum absolute atomic E-state index is 0.00894. The summed E-state index contributed by atoms with van der Waals surface area (Å²) in [6, 6.07) is 80.6. The maximum absolute atomic E-state index is 13.5. The summed E-state index contributed by atoms with van der Waals surface area (Å²) in [5, 5.41) is 23.9. The fraction of sp³-hybridized carbons (Fsp3) is 0.200. The zero-order valence-corrected chi connectivity index (χ0v) is 77.8. The van der Waals surface area contributed by atoms with Crippen molar-refractivity contribution in [1.29, 1.82) is 0 Å². The SMILES string of the molecule is CCc1cccc(-c2ccc3c(c2)C(=O)N(c2cccc(-c4nccn4C(C)C)n2)C3)c1.COc1cccc(-c2ccc3c(c2)C(=O)N(c2cccc(-c4nccn4C(C)C)n2)C3)c1.O=C1c2cc(-c3cccc(-c4nn[nH]n4)c3)ccc2CN1c1cccc(-c2nccn2C2CC2)n1.O=C1c2cc(-c3cccc(C4(C(=O)O)CC4)c3)ccc2CN1c1cccc(-c2nccn2C2CC2)n1.O=C=O.O=C=O. The number of methoxy groups -OCH3 is 1. The lowest BCUT2D eigenvalue weighted by Gasteiger charge is -2.16. The highest BCUT2D eigenvalue weighted by atomic mass is 16.5. The normalized spacial score (nSPS) is 14.3. The van der Waals surface area contributed by atoms with E-state index in [4.69, 9.17) is 43.9 Å². The number of rotatable bonds is 21. The molecule has 31 heteroatoms. The number of fused-ring (bicyclic) bond motifs is 4. The van der Waals surface area contributed by atoms with E-state index in [0.717, 1.165) is 155 Å². The molecule has 17 aromatic rings. The second-order valence-electron chi connectivity index (χ2n) is 35.6. The largest absolute Gasteiger partial charge is 0.497 e. The molecule has 31 nitrogen and oxygen atoms in total. The molecule has 7 aliphatic rings. The first-order valence-electron chi connectivity index (χ1n) is 46.4. The number of nitrogens with one attached hydrogen (secondary N) is 1. The Morgan fingerprint density at radius 2 is 0.752 bits per heavy atom. The van der Waals surface area contributed by atoms with Crippen LogP contribution in [0.5, 0.6) is 5.75 Å². The van der Waals surface area contributed by atoms with Gasteiger partial charge in [-0.2, -0.15) is 24.4 Å². The maximum atomic E-state index is 13.5. The summed E-state index contributed by atoms with van der Waals surface area (Å²) in [6.07, 6.45) is 22.6. The molecule has 0 atom stereocenters. The molecule has 3 aliphatic carbocycles. The Morgan fingerprint density at radius 3 is 1.12 bits per heavy atom. The molecule has 3 saturated carbocycles. The number of H-pyrrole nitrogens is 1.